The molecule has 1 amide bonds. The van der Waals surface area contributed by atoms with Crippen LogP contribution in [0, 0.1) is 0 Å². The summed E-state index contributed by atoms with van der Waals surface area (Å²) in [6.45, 7) is 4.69. The Hall–Kier alpha value is -1.60. The summed E-state index contributed by atoms with van der Waals surface area (Å²) in [5, 5.41) is 10.4. The highest BCUT2D eigenvalue weighted by atomic mass is 79.9. The van der Waals surface area contributed by atoms with E-state index in [2.05, 4.69) is 15.9 Å². The molecule has 7 heteroatoms. The highest BCUT2D eigenvalue weighted by Gasteiger charge is 2.34. The van der Waals surface area contributed by atoms with E-state index < -0.39 is 0 Å². The fraction of sp³-hybridized carbons (Fsp3) is 0.333. The number of thiocarbonyl (C=S) groups is 1. The molecule has 1 fully saturated rings. The van der Waals surface area contributed by atoms with Crippen LogP contribution < -0.4 is 4.74 Å². The van der Waals surface area contributed by atoms with Crippen LogP contribution in [0.25, 0.3) is 6.08 Å². The van der Waals surface area contributed by atoms with Crippen LogP contribution in [0.4, 0.5) is 0 Å². The minimum absolute atomic E-state index is 0.0424. The van der Waals surface area contributed by atoms with Gasteiger partial charge in [-0.05, 0) is 65.8 Å². The molecule has 0 saturated carbocycles. The molecule has 118 valence electrons. The highest BCUT2D eigenvalue weighted by molar-refractivity contribution is 9.10. The minimum atomic E-state index is -0.128. The number of phenols is 1. The molecule has 1 aromatic rings. The van der Waals surface area contributed by atoms with E-state index >= 15 is 0 Å². The van der Waals surface area contributed by atoms with E-state index in [0.29, 0.717) is 34.2 Å². The first-order chi connectivity index (χ1) is 10.4. The molecule has 1 aliphatic rings. The zero-order chi connectivity index (χ0) is 16.4. The van der Waals surface area contributed by atoms with E-state index in [1.165, 1.54) is 0 Å². The molecule has 0 radical (unpaired) electrons. The van der Waals surface area contributed by atoms with Crippen molar-refractivity contribution in [3.63, 3.8) is 0 Å². The molecule has 0 atom stereocenters. The van der Waals surface area contributed by atoms with Crippen molar-refractivity contribution in [1.82, 2.24) is 9.80 Å². The fourth-order valence-corrected chi connectivity index (χ4v) is 2.96. The number of ether oxygens (including phenoxy) is 1. The molecule has 0 aliphatic carbocycles. The number of hydrogen-bond donors (Lipinski definition) is 1. The number of nitrogens with zero attached hydrogens (tertiary/aromatic N) is 2. The number of carbonyl (C=O) groups is 1. The second kappa shape index (κ2) is 6.66. The van der Waals surface area contributed by atoms with Crippen molar-refractivity contribution in [3.05, 3.63) is 27.9 Å². The number of hydrogen-bond acceptors (Lipinski definition) is 4. The molecule has 0 unspecified atom stereocenters. The fourth-order valence-electron chi connectivity index (χ4n) is 2.19. The normalized spacial score (nSPS) is 16.8. The molecule has 1 aromatic carbocycles. The van der Waals surface area contributed by atoms with E-state index in [4.69, 9.17) is 17.0 Å². The summed E-state index contributed by atoms with van der Waals surface area (Å²) in [6, 6.07) is 3.42. The number of aromatic hydroxyl groups is 1. The lowest BCUT2D eigenvalue weighted by Gasteiger charge is -2.13. The predicted octanol–water partition coefficient (Wildman–Crippen LogP) is 2.97. The zero-order valence-corrected chi connectivity index (χ0v) is 15.0. The van der Waals surface area contributed by atoms with Gasteiger partial charge in [-0.2, -0.15) is 0 Å². The van der Waals surface area contributed by atoms with Crippen LogP contribution in [0.1, 0.15) is 19.4 Å². The topological polar surface area (TPSA) is 53.0 Å². The number of carbonyl (C=O) groups excluding carboxylic acids is 1. The van der Waals surface area contributed by atoms with Crippen LogP contribution in [-0.2, 0) is 4.79 Å². The third kappa shape index (κ3) is 2.96. The Morgan fingerprint density at radius 3 is 2.64 bits per heavy atom. The van der Waals surface area contributed by atoms with Crippen molar-refractivity contribution in [2.75, 3.05) is 20.2 Å². The van der Waals surface area contributed by atoms with Gasteiger partial charge in [-0.25, -0.2) is 0 Å². The van der Waals surface area contributed by atoms with Gasteiger partial charge in [0, 0.05) is 13.6 Å². The quantitative estimate of drug-likeness (QED) is 0.638. The Labute approximate surface area is 143 Å². The first-order valence-electron chi connectivity index (χ1n) is 6.87. The monoisotopic (exact) mass is 384 g/mol. The summed E-state index contributed by atoms with van der Waals surface area (Å²) in [4.78, 5) is 15.6. The average molecular weight is 385 g/mol. The van der Waals surface area contributed by atoms with E-state index in [-0.39, 0.29) is 11.7 Å². The van der Waals surface area contributed by atoms with Crippen molar-refractivity contribution in [3.8, 4) is 11.5 Å². The van der Waals surface area contributed by atoms with Crippen molar-refractivity contribution in [2.24, 2.45) is 0 Å². The lowest BCUT2D eigenvalue weighted by atomic mass is 10.1. The van der Waals surface area contributed by atoms with Crippen molar-refractivity contribution in [1.29, 1.82) is 0 Å². The Balaban J connectivity index is 2.45. The van der Waals surface area contributed by atoms with Crippen LogP contribution in [0.2, 0.25) is 0 Å². The standard InChI is InChI=1S/C15H17BrN2O3S/c1-4-18-14(20)11(17(3)15(18)22)7-9-6-10(16)13(19)12(8-9)21-5-2/h6-8,19H,4-5H2,1-3H3/b11-7-. The third-order valence-corrected chi connectivity index (χ3v) is 4.41. The largest absolute Gasteiger partial charge is 0.503 e. The summed E-state index contributed by atoms with van der Waals surface area (Å²) < 4.78 is 5.90. The molecule has 1 saturated heterocycles. The molecular formula is C15H17BrN2O3S. The summed E-state index contributed by atoms with van der Waals surface area (Å²) in [6.07, 6.45) is 1.73. The van der Waals surface area contributed by atoms with Crippen LogP contribution in [0.3, 0.4) is 0 Å². The van der Waals surface area contributed by atoms with E-state index in [1.807, 2.05) is 13.8 Å². The predicted molar refractivity (Wildman–Crippen MR) is 92.7 cm³/mol. The summed E-state index contributed by atoms with van der Waals surface area (Å²) in [5.41, 5.74) is 1.23. The van der Waals surface area contributed by atoms with Gasteiger partial charge in [-0.15, -0.1) is 0 Å². The lowest BCUT2D eigenvalue weighted by Crippen LogP contribution is -2.30. The van der Waals surface area contributed by atoms with E-state index in [9.17, 15) is 9.90 Å². The number of benzene rings is 1. The first kappa shape index (κ1) is 16.8. The van der Waals surface area contributed by atoms with E-state index in [0.717, 1.165) is 5.56 Å². The second-order valence-corrected chi connectivity index (χ2v) is 5.92. The van der Waals surface area contributed by atoms with Crippen LogP contribution in [0.5, 0.6) is 11.5 Å². The Morgan fingerprint density at radius 1 is 1.41 bits per heavy atom. The summed E-state index contributed by atoms with van der Waals surface area (Å²) >= 11 is 8.55. The number of phenolic OH excluding ortho intramolecular Hbond substituents is 1. The smallest absolute Gasteiger partial charge is 0.276 e. The van der Waals surface area contributed by atoms with Crippen LogP contribution >= 0.6 is 28.1 Å². The van der Waals surface area contributed by atoms with Gasteiger partial charge >= 0.3 is 0 Å². The number of likely N-dealkylation sites (N-methyl/N-ethyl adjacent to an activating group) is 2. The molecule has 2 rings (SSSR count). The molecule has 0 bridgehead atoms. The molecule has 0 aromatic heterocycles. The molecule has 1 aliphatic heterocycles. The Bertz CT molecular complexity index is 660. The van der Waals surface area contributed by atoms with Gasteiger partial charge in [0.15, 0.2) is 16.6 Å². The maximum absolute atomic E-state index is 12.4. The Morgan fingerprint density at radius 2 is 2.09 bits per heavy atom. The molecular weight excluding hydrogens is 368 g/mol. The number of amides is 1. The maximum atomic E-state index is 12.4. The number of rotatable bonds is 4. The van der Waals surface area contributed by atoms with Gasteiger partial charge in [-0.3, -0.25) is 9.69 Å². The highest BCUT2D eigenvalue weighted by Crippen LogP contribution is 2.36. The van der Waals surface area contributed by atoms with Gasteiger partial charge < -0.3 is 14.7 Å². The Kier molecular flexibility index (Phi) is 5.08. The van der Waals surface area contributed by atoms with Crippen LogP contribution in [0.15, 0.2) is 22.3 Å². The van der Waals surface area contributed by atoms with E-state index in [1.54, 1.807) is 35.1 Å². The third-order valence-electron chi connectivity index (χ3n) is 3.31. The summed E-state index contributed by atoms with van der Waals surface area (Å²) in [7, 11) is 1.76. The van der Waals surface area contributed by atoms with Gasteiger partial charge in [0.05, 0.1) is 11.1 Å². The molecule has 5 nitrogen and oxygen atoms in total. The summed E-state index contributed by atoms with van der Waals surface area (Å²) in [5.74, 6) is 0.282. The molecule has 1 N–H and O–H groups in total. The zero-order valence-electron chi connectivity index (χ0n) is 12.6. The van der Waals surface area contributed by atoms with Gasteiger partial charge in [0.1, 0.15) is 5.70 Å². The average Bonchev–Trinajstić information content (AvgIpc) is 2.68. The first-order valence-corrected chi connectivity index (χ1v) is 8.07. The molecule has 1 heterocycles. The van der Waals surface area contributed by atoms with Crippen LogP contribution in [-0.4, -0.2) is 46.1 Å². The van der Waals surface area contributed by atoms with Gasteiger partial charge in [0.25, 0.3) is 5.91 Å². The van der Waals surface area contributed by atoms with Gasteiger partial charge in [-0.1, -0.05) is 0 Å². The number of halogens is 1. The lowest BCUT2D eigenvalue weighted by molar-refractivity contribution is -0.122. The SMILES string of the molecule is CCOc1cc(/C=C2/C(=O)N(CC)C(=S)N2C)cc(Br)c1O. The minimum Gasteiger partial charge on any atom is -0.503 e. The molecule has 22 heavy (non-hydrogen) atoms. The maximum Gasteiger partial charge on any atom is 0.276 e. The van der Waals surface area contributed by atoms with Crippen molar-refractivity contribution < 1.29 is 14.6 Å². The van der Waals surface area contributed by atoms with Crippen molar-refractivity contribution in [2.45, 2.75) is 13.8 Å². The molecule has 0 spiro atoms. The van der Waals surface area contributed by atoms with Crippen molar-refractivity contribution >= 4 is 45.2 Å². The second-order valence-electron chi connectivity index (χ2n) is 4.70. The van der Waals surface area contributed by atoms with Gasteiger partial charge in [0.2, 0.25) is 0 Å².